The largest absolute Gasteiger partial charge is 0.390 e. The fraction of sp³-hybridized carbons (Fsp3) is 1.00. The minimum Gasteiger partial charge on any atom is -0.390 e. The van der Waals surface area contributed by atoms with Gasteiger partial charge in [0.25, 0.3) is 0 Å². The summed E-state index contributed by atoms with van der Waals surface area (Å²) >= 11 is 0. The monoisotopic (exact) mass is 348 g/mol. The third-order valence-corrected chi connectivity index (χ3v) is 9.58. The smallest absolute Gasteiger partial charge is 0.0842 e. The van der Waals surface area contributed by atoms with Gasteiger partial charge in [0.2, 0.25) is 0 Å². The third-order valence-electron chi connectivity index (χ3n) is 9.58. The highest BCUT2D eigenvalue weighted by Crippen LogP contribution is 2.67. The number of aliphatic hydroxyl groups is 1. The fourth-order valence-electron chi connectivity index (χ4n) is 8.00. The average molecular weight is 349 g/mol. The van der Waals surface area contributed by atoms with E-state index in [0.29, 0.717) is 16.7 Å². The summed E-state index contributed by atoms with van der Waals surface area (Å²) in [6.45, 7) is 11.9. The van der Waals surface area contributed by atoms with Crippen molar-refractivity contribution in [3.8, 4) is 0 Å². The second-order valence-corrected chi connectivity index (χ2v) is 10.9. The van der Waals surface area contributed by atoms with Crippen LogP contribution in [0.2, 0.25) is 0 Å². The zero-order valence-electron chi connectivity index (χ0n) is 17.1. The summed E-state index contributed by atoms with van der Waals surface area (Å²) in [6.07, 6.45) is 10.6. The van der Waals surface area contributed by atoms with Crippen molar-refractivity contribution in [2.75, 3.05) is 0 Å². The second kappa shape index (κ2) is 6.23. The summed E-state index contributed by atoms with van der Waals surface area (Å²) in [6, 6.07) is 0. The van der Waals surface area contributed by atoms with Gasteiger partial charge in [-0.3, -0.25) is 0 Å². The van der Waals surface area contributed by atoms with Crippen molar-refractivity contribution in [2.24, 2.45) is 40.4 Å². The first kappa shape index (κ1) is 18.3. The van der Waals surface area contributed by atoms with Gasteiger partial charge in [-0.1, -0.05) is 20.8 Å². The molecular weight excluding hydrogens is 308 g/mol. The van der Waals surface area contributed by atoms with Gasteiger partial charge in [-0.15, -0.1) is 0 Å². The maximum Gasteiger partial charge on any atom is 0.0842 e. The molecule has 9 atom stereocenters. The lowest BCUT2D eigenvalue weighted by Gasteiger charge is -2.61. The molecule has 0 aliphatic heterocycles. The first-order chi connectivity index (χ1) is 11.8. The molecule has 1 N–H and O–H groups in total. The lowest BCUT2D eigenvalue weighted by molar-refractivity contribution is -0.179. The van der Waals surface area contributed by atoms with Crippen LogP contribution in [0.15, 0.2) is 0 Å². The molecule has 4 fully saturated rings. The fourth-order valence-corrected chi connectivity index (χ4v) is 8.00. The van der Waals surface area contributed by atoms with E-state index in [1.807, 2.05) is 0 Å². The Balaban J connectivity index is 1.59. The Kier molecular flexibility index (Phi) is 4.56. The summed E-state index contributed by atoms with van der Waals surface area (Å²) in [5.41, 5.74) is 0.987. The highest BCUT2D eigenvalue weighted by Gasteiger charge is 2.60. The van der Waals surface area contributed by atoms with Gasteiger partial charge in [0.1, 0.15) is 0 Å². The molecule has 0 unspecified atom stereocenters. The number of rotatable bonds is 2. The van der Waals surface area contributed by atoms with Crippen molar-refractivity contribution in [1.82, 2.24) is 0 Å². The molecule has 25 heavy (non-hydrogen) atoms. The number of hydrogen-bond acceptors (Lipinski definition) is 2. The summed E-state index contributed by atoms with van der Waals surface area (Å²) in [7, 11) is 0. The van der Waals surface area contributed by atoms with E-state index in [2.05, 4.69) is 34.6 Å². The van der Waals surface area contributed by atoms with Gasteiger partial charge < -0.3 is 9.84 Å². The van der Waals surface area contributed by atoms with Crippen LogP contribution in [-0.2, 0) is 4.74 Å². The highest BCUT2D eigenvalue weighted by molar-refractivity contribution is 5.09. The zero-order chi connectivity index (χ0) is 18.0. The first-order valence-corrected chi connectivity index (χ1v) is 11.1. The van der Waals surface area contributed by atoms with Crippen molar-refractivity contribution in [2.45, 2.75) is 104 Å². The third kappa shape index (κ3) is 2.73. The molecule has 4 aliphatic carbocycles. The molecule has 0 heterocycles. The highest BCUT2D eigenvalue weighted by atomic mass is 16.5. The molecule has 0 amide bonds. The topological polar surface area (TPSA) is 29.5 Å². The van der Waals surface area contributed by atoms with E-state index in [0.717, 1.165) is 36.5 Å². The van der Waals surface area contributed by atoms with Gasteiger partial charge in [-0.05, 0) is 106 Å². The second-order valence-electron chi connectivity index (χ2n) is 10.9. The van der Waals surface area contributed by atoms with E-state index in [1.54, 1.807) is 0 Å². The van der Waals surface area contributed by atoms with Crippen LogP contribution in [0.25, 0.3) is 0 Å². The molecule has 144 valence electrons. The number of fused-ring (bicyclic) bond motifs is 5. The Morgan fingerprint density at radius 3 is 2.40 bits per heavy atom. The lowest BCUT2D eigenvalue weighted by atomic mass is 9.44. The van der Waals surface area contributed by atoms with E-state index in [4.69, 9.17) is 4.74 Å². The molecule has 0 aromatic heterocycles. The molecule has 4 saturated carbocycles. The van der Waals surface area contributed by atoms with Crippen LogP contribution in [-0.4, -0.2) is 23.4 Å². The molecule has 0 aromatic rings. The van der Waals surface area contributed by atoms with Gasteiger partial charge in [0, 0.05) is 0 Å². The van der Waals surface area contributed by atoms with E-state index < -0.39 is 0 Å². The quantitative estimate of drug-likeness (QED) is 0.721. The van der Waals surface area contributed by atoms with Gasteiger partial charge in [-0.2, -0.15) is 0 Å². The lowest BCUT2D eigenvalue weighted by Crippen LogP contribution is -2.57. The van der Waals surface area contributed by atoms with Crippen LogP contribution >= 0.6 is 0 Å². The molecule has 4 rings (SSSR count). The van der Waals surface area contributed by atoms with Crippen molar-refractivity contribution in [3.05, 3.63) is 0 Å². The zero-order valence-corrected chi connectivity index (χ0v) is 17.1. The predicted octanol–water partition coefficient (Wildman–Crippen LogP) is 5.43. The van der Waals surface area contributed by atoms with E-state index in [9.17, 15) is 5.11 Å². The van der Waals surface area contributed by atoms with E-state index >= 15 is 0 Å². The molecule has 0 radical (unpaired) electrons. The molecule has 4 aliphatic rings. The van der Waals surface area contributed by atoms with Crippen LogP contribution < -0.4 is 0 Å². The summed E-state index contributed by atoms with van der Waals surface area (Å²) in [4.78, 5) is 0. The van der Waals surface area contributed by atoms with Crippen LogP contribution in [0, 0.1) is 40.4 Å². The van der Waals surface area contributed by atoms with Gasteiger partial charge in [-0.25, -0.2) is 0 Å². The SMILES string of the molecule is CC(C)O[C@H]1C[C@@]2(C)[C@@H](CC[C@@H]3[C@@H]2CC[C@]2(C)[C@H](C)CC[C@@H]32)C[C@@H]1O. The maximum absolute atomic E-state index is 10.7. The molecular formula is C23H40O2. The van der Waals surface area contributed by atoms with Crippen molar-refractivity contribution < 1.29 is 9.84 Å². The van der Waals surface area contributed by atoms with Gasteiger partial charge in [0.05, 0.1) is 18.3 Å². The normalized spacial score (nSPS) is 55.6. The predicted molar refractivity (Wildman–Crippen MR) is 102 cm³/mol. The molecule has 0 spiro atoms. The Labute approximate surface area is 155 Å². The van der Waals surface area contributed by atoms with E-state index in [1.165, 1.54) is 38.5 Å². The standard InChI is InChI=1S/C23H40O2/c1-14(2)25-21-13-23(5)16(12-20(21)24)7-8-17-18-9-6-15(3)22(18,4)11-10-19(17)23/h14-21,24H,6-13H2,1-5H3/t15-,16+,17+,18+,19+,20+,21+,22-,23+/m1/s1. The molecule has 0 bridgehead atoms. The molecule has 0 aromatic carbocycles. The maximum atomic E-state index is 10.7. The Morgan fingerprint density at radius 1 is 0.960 bits per heavy atom. The Morgan fingerprint density at radius 2 is 1.68 bits per heavy atom. The number of aliphatic hydroxyl groups excluding tert-OH is 1. The molecule has 0 saturated heterocycles. The Hall–Kier alpha value is -0.0800. The van der Waals surface area contributed by atoms with Crippen LogP contribution in [0.1, 0.15) is 86.0 Å². The van der Waals surface area contributed by atoms with E-state index in [-0.39, 0.29) is 18.3 Å². The van der Waals surface area contributed by atoms with Crippen molar-refractivity contribution in [3.63, 3.8) is 0 Å². The van der Waals surface area contributed by atoms with Crippen molar-refractivity contribution in [1.29, 1.82) is 0 Å². The average Bonchev–Trinajstić information content (AvgIpc) is 2.84. The minimum atomic E-state index is -0.252. The first-order valence-electron chi connectivity index (χ1n) is 11.1. The van der Waals surface area contributed by atoms with Crippen LogP contribution in [0.4, 0.5) is 0 Å². The Bertz CT molecular complexity index is 502. The van der Waals surface area contributed by atoms with Gasteiger partial charge >= 0.3 is 0 Å². The van der Waals surface area contributed by atoms with Gasteiger partial charge in [0.15, 0.2) is 0 Å². The number of hydrogen-bond donors (Lipinski definition) is 1. The van der Waals surface area contributed by atoms with Crippen LogP contribution in [0.3, 0.4) is 0 Å². The summed E-state index contributed by atoms with van der Waals surface area (Å²) < 4.78 is 6.17. The molecule has 2 nitrogen and oxygen atoms in total. The molecule has 2 heteroatoms. The number of ether oxygens (including phenoxy) is 1. The van der Waals surface area contributed by atoms with Crippen LogP contribution in [0.5, 0.6) is 0 Å². The van der Waals surface area contributed by atoms with Crippen molar-refractivity contribution >= 4 is 0 Å². The summed E-state index contributed by atoms with van der Waals surface area (Å²) in [5, 5.41) is 10.7. The summed E-state index contributed by atoms with van der Waals surface area (Å²) in [5.74, 6) is 4.36. The minimum absolute atomic E-state index is 0.0517.